The number of anilines is 1. The van der Waals surface area contributed by atoms with Gasteiger partial charge in [0, 0.05) is 44.0 Å². The van der Waals surface area contributed by atoms with E-state index in [2.05, 4.69) is 28.1 Å². The first-order valence-electron chi connectivity index (χ1n) is 8.90. The van der Waals surface area contributed by atoms with Crippen molar-refractivity contribution in [2.24, 2.45) is 0 Å². The van der Waals surface area contributed by atoms with Gasteiger partial charge in [0.2, 0.25) is 0 Å². The van der Waals surface area contributed by atoms with E-state index in [-0.39, 0.29) is 12.5 Å². The van der Waals surface area contributed by atoms with Crippen molar-refractivity contribution in [3.05, 3.63) is 67.0 Å². The van der Waals surface area contributed by atoms with Gasteiger partial charge in [0.05, 0.1) is 0 Å². The molecule has 1 aliphatic heterocycles. The molecule has 132 valence electrons. The van der Waals surface area contributed by atoms with E-state index in [1.165, 1.54) is 11.1 Å². The monoisotopic (exact) mass is 348 g/mol. The van der Waals surface area contributed by atoms with Crippen molar-refractivity contribution in [1.82, 2.24) is 4.90 Å². The van der Waals surface area contributed by atoms with E-state index in [4.69, 9.17) is 4.74 Å². The number of rotatable bonds is 4. The first kappa shape index (κ1) is 16.4. The summed E-state index contributed by atoms with van der Waals surface area (Å²) in [6.07, 6.45) is 3.84. The summed E-state index contributed by atoms with van der Waals surface area (Å²) in [4.78, 5) is 19.7. The molecule has 0 aliphatic carbocycles. The van der Waals surface area contributed by atoms with Gasteiger partial charge in [0.15, 0.2) is 19.0 Å². The number of benzene rings is 2. The zero-order chi connectivity index (χ0) is 17.8. The summed E-state index contributed by atoms with van der Waals surface area (Å²) in [6, 6.07) is 18.2. The Kier molecular flexibility index (Phi) is 4.69. The van der Waals surface area contributed by atoms with Crippen molar-refractivity contribution in [2.45, 2.75) is 0 Å². The van der Waals surface area contributed by atoms with Gasteiger partial charge in [-0.3, -0.25) is 4.79 Å². The number of hydrogen-bond donors (Lipinski definition) is 0. The summed E-state index contributed by atoms with van der Waals surface area (Å²) in [5.41, 5.74) is 1.18. The third-order valence-electron chi connectivity index (χ3n) is 4.78. The van der Waals surface area contributed by atoms with Crippen molar-refractivity contribution in [2.75, 3.05) is 37.7 Å². The minimum atomic E-state index is 0.0409. The highest BCUT2D eigenvalue weighted by molar-refractivity contribution is 5.84. The minimum Gasteiger partial charge on any atom is -0.484 e. The summed E-state index contributed by atoms with van der Waals surface area (Å²) in [6.45, 7) is 3.20. The van der Waals surface area contributed by atoms with E-state index in [0.29, 0.717) is 0 Å². The number of aromatic amines is 1. The van der Waals surface area contributed by atoms with Crippen LogP contribution in [0.2, 0.25) is 0 Å². The molecule has 1 fully saturated rings. The second-order valence-electron chi connectivity index (χ2n) is 6.42. The average molecular weight is 348 g/mol. The van der Waals surface area contributed by atoms with Crippen LogP contribution in [0.1, 0.15) is 0 Å². The largest absolute Gasteiger partial charge is 0.484 e. The zero-order valence-corrected chi connectivity index (χ0v) is 14.6. The number of amides is 1. The highest BCUT2D eigenvalue weighted by Gasteiger charge is 2.21. The van der Waals surface area contributed by atoms with Gasteiger partial charge in [-0.25, -0.2) is 4.98 Å². The molecule has 2 aromatic carbocycles. The topological polar surface area (TPSA) is 46.9 Å². The molecule has 1 saturated heterocycles. The molecule has 0 unspecified atom stereocenters. The van der Waals surface area contributed by atoms with Crippen LogP contribution in [0.4, 0.5) is 5.69 Å². The maximum atomic E-state index is 12.5. The molecule has 1 N–H and O–H groups in total. The number of nitrogens with zero attached hydrogens (tertiary/aromatic N) is 2. The Balaban J connectivity index is 1.31. The number of fused-ring (bicyclic) bond motifs is 1. The number of piperazine rings is 1. The highest BCUT2D eigenvalue weighted by Crippen LogP contribution is 2.20. The normalized spacial score (nSPS) is 14.5. The zero-order valence-electron chi connectivity index (χ0n) is 14.6. The molecule has 0 spiro atoms. The molecule has 0 radical (unpaired) electrons. The molecule has 0 saturated carbocycles. The van der Waals surface area contributed by atoms with Crippen LogP contribution in [0.25, 0.3) is 10.8 Å². The van der Waals surface area contributed by atoms with Gasteiger partial charge < -0.3 is 14.5 Å². The summed E-state index contributed by atoms with van der Waals surface area (Å²) < 4.78 is 5.73. The van der Waals surface area contributed by atoms with Crippen LogP contribution < -0.4 is 14.6 Å². The van der Waals surface area contributed by atoms with Crippen molar-refractivity contribution >= 4 is 22.4 Å². The first-order chi connectivity index (χ1) is 12.8. The lowest BCUT2D eigenvalue weighted by atomic mass is 10.1. The van der Waals surface area contributed by atoms with Crippen molar-refractivity contribution in [1.29, 1.82) is 0 Å². The molecule has 26 heavy (non-hydrogen) atoms. The van der Waals surface area contributed by atoms with Crippen molar-refractivity contribution in [3.8, 4) is 5.75 Å². The Hall–Kier alpha value is -3.08. The quantitative estimate of drug-likeness (QED) is 0.727. The Morgan fingerprint density at radius 1 is 0.923 bits per heavy atom. The number of carbonyl (C=O) groups excluding carboxylic acids is 1. The molecular weight excluding hydrogens is 326 g/mol. The number of ether oxygens (including phenoxy) is 1. The average Bonchev–Trinajstić information content (AvgIpc) is 2.72. The van der Waals surface area contributed by atoms with Crippen LogP contribution in [0, 0.1) is 0 Å². The van der Waals surface area contributed by atoms with Crippen LogP contribution in [-0.4, -0.2) is 43.6 Å². The van der Waals surface area contributed by atoms with Gasteiger partial charge >= 0.3 is 0 Å². The van der Waals surface area contributed by atoms with E-state index in [1.807, 2.05) is 53.7 Å². The van der Waals surface area contributed by atoms with Crippen LogP contribution in [0.5, 0.6) is 5.75 Å². The molecule has 5 heteroatoms. The van der Waals surface area contributed by atoms with Gasteiger partial charge in [0.25, 0.3) is 5.91 Å². The lowest BCUT2D eigenvalue weighted by Gasteiger charge is -2.35. The fourth-order valence-corrected chi connectivity index (χ4v) is 3.30. The number of carbonyl (C=O) groups is 1. The number of nitrogens with one attached hydrogen (secondary N) is 1. The Morgan fingerprint density at radius 3 is 2.42 bits per heavy atom. The van der Waals surface area contributed by atoms with Crippen molar-refractivity contribution < 1.29 is 14.5 Å². The van der Waals surface area contributed by atoms with E-state index in [1.54, 1.807) is 0 Å². The van der Waals surface area contributed by atoms with Crippen LogP contribution in [0.3, 0.4) is 0 Å². The second kappa shape index (κ2) is 7.44. The fraction of sp³-hybridized carbons (Fsp3) is 0.238. The lowest BCUT2D eigenvalue weighted by molar-refractivity contribution is -0.377. The Labute approximate surface area is 152 Å². The fourth-order valence-electron chi connectivity index (χ4n) is 3.30. The predicted octanol–water partition coefficient (Wildman–Crippen LogP) is 2.38. The molecule has 3 aromatic rings. The molecule has 5 nitrogen and oxygen atoms in total. The number of H-pyrrole nitrogens is 1. The summed E-state index contributed by atoms with van der Waals surface area (Å²) >= 11 is 0. The highest BCUT2D eigenvalue weighted by atomic mass is 16.5. The van der Waals surface area contributed by atoms with Crippen LogP contribution in [0.15, 0.2) is 67.0 Å². The minimum absolute atomic E-state index is 0.0409. The number of hydrogen-bond acceptors (Lipinski definition) is 3. The number of pyridine rings is 1. The molecule has 1 aliphatic rings. The summed E-state index contributed by atoms with van der Waals surface area (Å²) in [5.74, 6) is 0.774. The van der Waals surface area contributed by atoms with Gasteiger partial charge in [-0.05, 0) is 22.9 Å². The van der Waals surface area contributed by atoms with Gasteiger partial charge in [0.1, 0.15) is 5.75 Å². The Bertz CT molecular complexity index is 890. The van der Waals surface area contributed by atoms with Crippen molar-refractivity contribution in [3.63, 3.8) is 0 Å². The molecule has 0 atom stereocenters. The first-order valence-corrected chi connectivity index (χ1v) is 8.90. The van der Waals surface area contributed by atoms with Gasteiger partial charge in [-0.15, -0.1) is 0 Å². The maximum Gasteiger partial charge on any atom is 0.260 e. The van der Waals surface area contributed by atoms with Gasteiger partial charge in [-0.2, -0.15) is 0 Å². The number of aromatic nitrogens is 1. The van der Waals surface area contributed by atoms with E-state index in [0.717, 1.165) is 37.3 Å². The second-order valence-corrected chi connectivity index (χ2v) is 6.42. The Morgan fingerprint density at radius 2 is 1.65 bits per heavy atom. The molecule has 4 rings (SSSR count). The molecule has 0 bridgehead atoms. The molecule has 1 amide bonds. The predicted molar refractivity (Wildman–Crippen MR) is 101 cm³/mol. The van der Waals surface area contributed by atoms with E-state index < -0.39 is 0 Å². The lowest BCUT2D eigenvalue weighted by Crippen LogP contribution is -2.50. The van der Waals surface area contributed by atoms with E-state index in [9.17, 15) is 4.79 Å². The molecule has 2 heterocycles. The summed E-state index contributed by atoms with van der Waals surface area (Å²) in [7, 11) is 0. The van der Waals surface area contributed by atoms with E-state index >= 15 is 0 Å². The van der Waals surface area contributed by atoms with Crippen LogP contribution >= 0.6 is 0 Å². The molecule has 1 aromatic heterocycles. The standard InChI is InChI=1S/C21H21N3O2/c25-21(16-26-20-6-5-17-3-1-2-4-18(17)15-20)24-13-11-23(12-14-24)19-7-9-22-10-8-19/h1-10,15H,11-14,16H2/p+1. The third-order valence-corrected chi connectivity index (χ3v) is 4.78. The summed E-state index contributed by atoms with van der Waals surface area (Å²) in [5, 5.41) is 2.28. The maximum absolute atomic E-state index is 12.5. The van der Waals surface area contributed by atoms with Gasteiger partial charge in [-0.1, -0.05) is 30.3 Å². The SMILES string of the molecule is O=C(COc1ccc2ccccc2c1)N1CCN(c2cc[nH+]cc2)CC1. The molecular formula is C21H22N3O2+. The third kappa shape index (κ3) is 3.61. The van der Waals surface area contributed by atoms with Crippen LogP contribution in [-0.2, 0) is 4.79 Å². The smallest absolute Gasteiger partial charge is 0.260 e.